The highest BCUT2D eigenvalue weighted by atomic mass is 79.9. The van der Waals surface area contributed by atoms with Crippen LogP contribution in [0.4, 0.5) is 4.39 Å². The molecule has 2 N–H and O–H groups in total. The second kappa shape index (κ2) is 5.93. The van der Waals surface area contributed by atoms with Crippen molar-refractivity contribution in [1.82, 2.24) is 9.78 Å². The zero-order chi connectivity index (χ0) is 14.9. The predicted octanol–water partition coefficient (Wildman–Crippen LogP) is 3.23. The number of nitrogens with two attached hydrogens (primary N) is 1. The van der Waals surface area contributed by atoms with Crippen molar-refractivity contribution < 1.29 is 9.13 Å². The number of hydrogen-bond acceptors (Lipinski definition) is 3. The van der Waals surface area contributed by atoms with Gasteiger partial charge in [-0.1, -0.05) is 6.07 Å². The van der Waals surface area contributed by atoms with E-state index in [0.717, 1.165) is 21.4 Å². The number of rotatable bonds is 4. The van der Waals surface area contributed by atoms with E-state index in [4.69, 9.17) is 10.5 Å². The van der Waals surface area contributed by atoms with Crippen LogP contribution in [0.15, 0.2) is 22.7 Å². The van der Waals surface area contributed by atoms with E-state index >= 15 is 0 Å². The topological polar surface area (TPSA) is 53.1 Å². The van der Waals surface area contributed by atoms with Crippen LogP contribution < -0.4 is 10.5 Å². The largest absolute Gasteiger partial charge is 0.484 e. The standard InChI is InChI=1S/C14H17BrFN3O/c1-8(17)10-4-5-13(11(16)6-10)20-7-12-14(15)9(2)18-19(12)3/h4-6,8H,7,17H2,1-3H3/t8-/m0/s1. The first-order chi connectivity index (χ1) is 9.40. The SMILES string of the molecule is Cc1nn(C)c(COc2ccc([C@H](C)N)cc2F)c1Br. The summed E-state index contributed by atoms with van der Waals surface area (Å²) in [6, 6.07) is 4.58. The van der Waals surface area contributed by atoms with Gasteiger partial charge in [-0.25, -0.2) is 4.39 Å². The van der Waals surface area contributed by atoms with Gasteiger partial charge in [-0.15, -0.1) is 0 Å². The third kappa shape index (κ3) is 3.02. The summed E-state index contributed by atoms with van der Waals surface area (Å²) >= 11 is 3.45. The molecule has 0 aliphatic heterocycles. The third-order valence-electron chi connectivity index (χ3n) is 3.11. The molecule has 20 heavy (non-hydrogen) atoms. The molecule has 0 saturated heterocycles. The van der Waals surface area contributed by atoms with E-state index < -0.39 is 5.82 Å². The monoisotopic (exact) mass is 341 g/mol. The van der Waals surface area contributed by atoms with E-state index in [9.17, 15) is 4.39 Å². The minimum atomic E-state index is -0.408. The highest BCUT2D eigenvalue weighted by Gasteiger charge is 2.13. The van der Waals surface area contributed by atoms with Gasteiger partial charge in [0.25, 0.3) is 0 Å². The third-order valence-corrected chi connectivity index (χ3v) is 4.14. The summed E-state index contributed by atoms with van der Waals surface area (Å²) in [5.74, 6) is -0.199. The molecular weight excluding hydrogens is 325 g/mol. The van der Waals surface area contributed by atoms with Crippen LogP contribution in [0.1, 0.15) is 29.9 Å². The fraction of sp³-hybridized carbons (Fsp3) is 0.357. The van der Waals surface area contributed by atoms with Gasteiger partial charge in [0.1, 0.15) is 6.61 Å². The molecule has 0 fully saturated rings. The molecule has 2 rings (SSSR count). The predicted molar refractivity (Wildman–Crippen MR) is 79.0 cm³/mol. The number of aromatic nitrogens is 2. The van der Waals surface area contributed by atoms with E-state index in [1.165, 1.54) is 6.07 Å². The smallest absolute Gasteiger partial charge is 0.165 e. The van der Waals surface area contributed by atoms with Crippen LogP contribution in [-0.4, -0.2) is 9.78 Å². The maximum atomic E-state index is 13.9. The maximum Gasteiger partial charge on any atom is 0.165 e. The van der Waals surface area contributed by atoms with E-state index in [-0.39, 0.29) is 18.4 Å². The fourth-order valence-corrected chi connectivity index (χ4v) is 2.35. The molecule has 0 aliphatic rings. The van der Waals surface area contributed by atoms with Gasteiger partial charge in [0.2, 0.25) is 0 Å². The van der Waals surface area contributed by atoms with Gasteiger partial charge in [0.15, 0.2) is 11.6 Å². The Kier molecular flexibility index (Phi) is 4.45. The van der Waals surface area contributed by atoms with E-state index in [2.05, 4.69) is 21.0 Å². The number of aryl methyl sites for hydroxylation is 2. The minimum Gasteiger partial charge on any atom is -0.484 e. The summed E-state index contributed by atoms with van der Waals surface area (Å²) in [5, 5.41) is 4.26. The van der Waals surface area contributed by atoms with Gasteiger partial charge in [-0.2, -0.15) is 5.10 Å². The number of benzene rings is 1. The molecule has 0 radical (unpaired) electrons. The summed E-state index contributed by atoms with van der Waals surface area (Å²) in [5.41, 5.74) is 8.19. The molecule has 0 bridgehead atoms. The molecule has 1 heterocycles. The lowest BCUT2D eigenvalue weighted by Crippen LogP contribution is -2.07. The summed E-state index contributed by atoms with van der Waals surface area (Å²) in [4.78, 5) is 0. The first-order valence-electron chi connectivity index (χ1n) is 6.26. The van der Waals surface area contributed by atoms with Gasteiger partial charge in [0.05, 0.1) is 15.9 Å². The zero-order valence-electron chi connectivity index (χ0n) is 11.7. The molecule has 0 spiro atoms. The number of hydrogen-bond donors (Lipinski definition) is 1. The Balaban J connectivity index is 2.15. The van der Waals surface area contributed by atoms with E-state index in [1.807, 2.05) is 20.9 Å². The molecular formula is C14H17BrFN3O. The molecule has 4 nitrogen and oxygen atoms in total. The van der Waals surface area contributed by atoms with Crippen molar-refractivity contribution in [2.45, 2.75) is 26.5 Å². The number of ether oxygens (including phenoxy) is 1. The van der Waals surface area contributed by atoms with E-state index in [1.54, 1.807) is 16.8 Å². The summed E-state index contributed by atoms with van der Waals surface area (Å²) < 4.78 is 22.0. The van der Waals surface area contributed by atoms with Crippen molar-refractivity contribution in [1.29, 1.82) is 0 Å². The Morgan fingerprint density at radius 2 is 2.20 bits per heavy atom. The summed E-state index contributed by atoms with van der Waals surface area (Å²) in [6.07, 6.45) is 0. The first kappa shape index (κ1) is 15.0. The second-order valence-electron chi connectivity index (χ2n) is 4.74. The van der Waals surface area contributed by atoms with Gasteiger partial charge >= 0.3 is 0 Å². The normalized spacial score (nSPS) is 12.5. The van der Waals surface area contributed by atoms with Gasteiger partial charge in [-0.05, 0) is 47.5 Å². The van der Waals surface area contributed by atoms with Crippen LogP contribution in [0.3, 0.4) is 0 Å². The van der Waals surface area contributed by atoms with Crippen molar-refractivity contribution in [3.05, 3.63) is 45.4 Å². The Bertz CT molecular complexity index is 625. The molecule has 0 aliphatic carbocycles. The van der Waals surface area contributed by atoms with Crippen LogP contribution in [0.5, 0.6) is 5.75 Å². The molecule has 1 aromatic heterocycles. The van der Waals surface area contributed by atoms with Crippen molar-refractivity contribution >= 4 is 15.9 Å². The summed E-state index contributed by atoms with van der Waals surface area (Å²) in [6.45, 7) is 3.95. The van der Waals surface area contributed by atoms with Crippen molar-refractivity contribution in [2.75, 3.05) is 0 Å². The van der Waals surface area contributed by atoms with Gasteiger partial charge in [0, 0.05) is 13.1 Å². The molecule has 1 aromatic carbocycles. The van der Waals surface area contributed by atoms with E-state index in [0.29, 0.717) is 0 Å². The molecule has 2 aromatic rings. The molecule has 0 amide bonds. The quantitative estimate of drug-likeness (QED) is 0.928. The molecule has 0 unspecified atom stereocenters. The Hall–Kier alpha value is -1.40. The van der Waals surface area contributed by atoms with Gasteiger partial charge in [-0.3, -0.25) is 4.68 Å². The summed E-state index contributed by atoms with van der Waals surface area (Å²) in [7, 11) is 1.83. The first-order valence-corrected chi connectivity index (χ1v) is 7.05. The Morgan fingerprint density at radius 1 is 1.50 bits per heavy atom. The van der Waals surface area contributed by atoms with Crippen molar-refractivity contribution in [2.24, 2.45) is 12.8 Å². The lowest BCUT2D eigenvalue weighted by molar-refractivity contribution is 0.279. The maximum absolute atomic E-state index is 13.9. The highest BCUT2D eigenvalue weighted by molar-refractivity contribution is 9.10. The Labute approximate surface area is 125 Å². The second-order valence-corrected chi connectivity index (χ2v) is 5.53. The average Bonchev–Trinajstić information content (AvgIpc) is 2.62. The minimum absolute atomic E-state index is 0.201. The van der Waals surface area contributed by atoms with Crippen LogP contribution in [0.2, 0.25) is 0 Å². The molecule has 1 atom stereocenters. The van der Waals surface area contributed by atoms with Crippen molar-refractivity contribution in [3.63, 3.8) is 0 Å². The van der Waals surface area contributed by atoms with Crippen LogP contribution in [0.25, 0.3) is 0 Å². The molecule has 6 heteroatoms. The lowest BCUT2D eigenvalue weighted by atomic mass is 10.1. The van der Waals surface area contributed by atoms with Gasteiger partial charge < -0.3 is 10.5 Å². The zero-order valence-corrected chi connectivity index (χ0v) is 13.2. The highest BCUT2D eigenvalue weighted by Crippen LogP contribution is 2.25. The molecule has 108 valence electrons. The van der Waals surface area contributed by atoms with Crippen LogP contribution in [-0.2, 0) is 13.7 Å². The average molecular weight is 342 g/mol. The lowest BCUT2D eigenvalue weighted by Gasteiger charge is -2.11. The number of halogens is 2. The number of nitrogens with zero attached hydrogens (tertiary/aromatic N) is 2. The van der Waals surface area contributed by atoms with Crippen molar-refractivity contribution in [3.8, 4) is 5.75 Å². The molecule has 0 saturated carbocycles. The Morgan fingerprint density at radius 3 is 2.70 bits per heavy atom. The van der Waals surface area contributed by atoms with Crippen LogP contribution in [0, 0.1) is 12.7 Å². The van der Waals surface area contributed by atoms with Crippen LogP contribution >= 0.6 is 15.9 Å². The fourth-order valence-electron chi connectivity index (χ4n) is 1.90.